The van der Waals surface area contributed by atoms with Crippen LogP contribution in [0.25, 0.3) is 0 Å². The molecule has 0 spiro atoms. The van der Waals surface area contributed by atoms with Crippen molar-refractivity contribution in [1.82, 2.24) is 10.2 Å². The lowest BCUT2D eigenvalue weighted by atomic mass is 9.74. The maximum Gasteiger partial charge on any atom is 0.317 e. The molecule has 0 bridgehead atoms. The third kappa shape index (κ3) is 5.30. The molecule has 1 fully saturated rings. The van der Waals surface area contributed by atoms with Gasteiger partial charge in [-0.1, -0.05) is 42.0 Å². The van der Waals surface area contributed by atoms with Gasteiger partial charge in [0.05, 0.1) is 7.11 Å². The molecule has 0 aromatic heterocycles. The molecule has 1 saturated heterocycles. The number of aryl methyl sites for hydroxylation is 1. The first-order valence-corrected chi connectivity index (χ1v) is 10.4. The quantitative estimate of drug-likeness (QED) is 0.760. The van der Waals surface area contributed by atoms with Crippen molar-refractivity contribution in [2.75, 3.05) is 33.4 Å². The van der Waals surface area contributed by atoms with Gasteiger partial charge in [-0.2, -0.15) is 0 Å². The predicted octanol–water partition coefficient (Wildman–Crippen LogP) is 4.28. The van der Waals surface area contributed by atoms with E-state index in [0.717, 1.165) is 24.2 Å². The lowest BCUT2D eigenvalue weighted by Gasteiger charge is -2.38. The number of urea groups is 1. The fourth-order valence-electron chi connectivity index (χ4n) is 3.99. The molecule has 0 saturated carbocycles. The SMILES string of the molecule is CCN(Cc1cccc(C)c1)C(=O)NCC1(c2ccc(OC)cc2)CCOCC1. The van der Waals surface area contributed by atoms with Gasteiger partial charge in [-0.05, 0) is 49.9 Å². The Bertz CT molecular complexity index is 798. The van der Waals surface area contributed by atoms with Gasteiger partial charge < -0.3 is 19.7 Å². The number of amides is 2. The second-order valence-electron chi connectivity index (χ2n) is 7.78. The van der Waals surface area contributed by atoms with Crippen LogP contribution in [0.2, 0.25) is 0 Å². The molecule has 5 nitrogen and oxygen atoms in total. The Labute approximate surface area is 174 Å². The largest absolute Gasteiger partial charge is 0.497 e. The van der Waals surface area contributed by atoms with Gasteiger partial charge in [0.2, 0.25) is 0 Å². The summed E-state index contributed by atoms with van der Waals surface area (Å²) in [5, 5.41) is 3.21. The number of nitrogens with zero attached hydrogens (tertiary/aromatic N) is 1. The van der Waals surface area contributed by atoms with E-state index in [4.69, 9.17) is 9.47 Å². The molecule has 1 aliphatic rings. The second-order valence-corrected chi connectivity index (χ2v) is 7.78. The van der Waals surface area contributed by atoms with Crippen LogP contribution in [0.4, 0.5) is 4.79 Å². The zero-order chi connectivity index (χ0) is 20.7. The summed E-state index contributed by atoms with van der Waals surface area (Å²) >= 11 is 0. The minimum Gasteiger partial charge on any atom is -0.497 e. The highest BCUT2D eigenvalue weighted by molar-refractivity contribution is 5.74. The highest BCUT2D eigenvalue weighted by Gasteiger charge is 2.35. The molecule has 2 aromatic carbocycles. The molecular weight excluding hydrogens is 364 g/mol. The van der Waals surface area contributed by atoms with Crippen molar-refractivity contribution < 1.29 is 14.3 Å². The summed E-state index contributed by atoms with van der Waals surface area (Å²) in [5.41, 5.74) is 3.48. The van der Waals surface area contributed by atoms with Crippen LogP contribution in [0, 0.1) is 6.92 Å². The monoisotopic (exact) mass is 396 g/mol. The average Bonchev–Trinajstić information content (AvgIpc) is 2.76. The maximum atomic E-state index is 12.9. The van der Waals surface area contributed by atoms with Crippen molar-refractivity contribution in [1.29, 1.82) is 0 Å². The van der Waals surface area contributed by atoms with Gasteiger partial charge in [0.1, 0.15) is 5.75 Å². The van der Waals surface area contributed by atoms with Crippen molar-refractivity contribution in [3.8, 4) is 5.75 Å². The van der Waals surface area contributed by atoms with Crippen molar-refractivity contribution in [2.24, 2.45) is 0 Å². The number of rotatable bonds is 7. The predicted molar refractivity (Wildman–Crippen MR) is 115 cm³/mol. The molecule has 1 heterocycles. The fraction of sp³-hybridized carbons (Fsp3) is 0.458. The van der Waals surface area contributed by atoms with Gasteiger partial charge in [0.25, 0.3) is 0 Å². The lowest BCUT2D eigenvalue weighted by Crippen LogP contribution is -2.48. The summed E-state index contributed by atoms with van der Waals surface area (Å²) in [7, 11) is 1.67. The first-order chi connectivity index (χ1) is 14.1. The third-order valence-corrected chi connectivity index (χ3v) is 5.86. The lowest BCUT2D eigenvalue weighted by molar-refractivity contribution is 0.0501. The van der Waals surface area contributed by atoms with Crippen molar-refractivity contribution in [2.45, 2.75) is 38.6 Å². The van der Waals surface area contributed by atoms with Crippen molar-refractivity contribution in [3.05, 3.63) is 65.2 Å². The van der Waals surface area contributed by atoms with E-state index in [1.807, 2.05) is 30.0 Å². The van der Waals surface area contributed by atoms with Crippen LogP contribution in [-0.2, 0) is 16.7 Å². The van der Waals surface area contributed by atoms with Crippen LogP contribution in [0.5, 0.6) is 5.75 Å². The molecule has 5 heteroatoms. The molecule has 29 heavy (non-hydrogen) atoms. The summed E-state index contributed by atoms with van der Waals surface area (Å²) in [4.78, 5) is 14.8. The third-order valence-electron chi connectivity index (χ3n) is 5.86. The van der Waals surface area contributed by atoms with Crippen molar-refractivity contribution >= 4 is 6.03 Å². The van der Waals surface area contributed by atoms with Crippen LogP contribution in [0.1, 0.15) is 36.5 Å². The first-order valence-electron chi connectivity index (χ1n) is 10.4. The molecule has 0 radical (unpaired) electrons. The van der Waals surface area contributed by atoms with Gasteiger partial charge >= 0.3 is 6.03 Å². The number of benzene rings is 2. The van der Waals surface area contributed by atoms with E-state index in [9.17, 15) is 4.79 Å². The summed E-state index contributed by atoms with van der Waals surface area (Å²) in [6, 6.07) is 16.5. The fourth-order valence-corrected chi connectivity index (χ4v) is 3.99. The Morgan fingerprint density at radius 1 is 1.17 bits per heavy atom. The Morgan fingerprint density at radius 3 is 2.52 bits per heavy atom. The smallest absolute Gasteiger partial charge is 0.317 e. The van der Waals surface area contributed by atoms with Gasteiger partial charge in [-0.15, -0.1) is 0 Å². The molecule has 3 rings (SSSR count). The standard InChI is InChI=1S/C24H32N2O3/c1-4-26(17-20-7-5-6-19(2)16-20)23(27)25-18-24(12-14-29-15-13-24)21-8-10-22(28-3)11-9-21/h5-11,16H,4,12-15,17-18H2,1-3H3,(H,25,27). The van der Waals surface area contributed by atoms with Gasteiger partial charge in [0, 0.05) is 38.3 Å². The number of hydrogen-bond donors (Lipinski definition) is 1. The average molecular weight is 397 g/mol. The van der Waals surface area contributed by atoms with Gasteiger partial charge in [-0.25, -0.2) is 4.79 Å². The Morgan fingerprint density at radius 2 is 1.90 bits per heavy atom. The highest BCUT2D eigenvalue weighted by atomic mass is 16.5. The van der Waals surface area contributed by atoms with E-state index in [-0.39, 0.29) is 11.4 Å². The van der Waals surface area contributed by atoms with E-state index in [1.165, 1.54) is 11.1 Å². The zero-order valence-electron chi connectivity index (χ0n) is 17.7. The van der Waals surface area contributed by atoms with E-state index in [1.54, 1.807) is 7.11 Å². The Hall–Kier alpha value is -2.53. The number of methoxy groups -OCH3 is 1. The van der Waals surface area contributed by atoms with Crippen LogP contribution < -0.4 is 10.1 Å². The molecule has 1 N–H and O–H groups in total. The van der Waals surface area contributed by atoms with E-state index < -0.39 is 0 Å². The number of carbonyl (C=O) groups excluding carboxylic acids is 1. The van der Waals surface area contributed by atoms with Crippen LogP contribution in [0.15, 0.2) is 48.5 Å². The zero-order valence-corrected chi connectivity index (χ0v) is 17.7. The van der Waals surface area contributed by atoms with Crippen LogP contribution in [0.3, 0.4) is 0 Å². The summed E-state index contributed by atoms with van der Waals surface area (Å²) < 4.78 is 10.9. The molecular formula is C24H32N2O3. The highest BCUT2D eigenvalue weighted by Crippen LogP contribution is 2.35. The van der Waals surface area contributed by atoms with Crippen LogP contribution in [-0.4, -0.2) is 44.3 Å². The summed E-state index contributed by atoms with van der Waals surface area (Å²) in [6.45, 7) is 7.39. The van der Waals surface area contributed by atoms with Crippen molar-refractivity contribution in [3.63, 3.8) is 0 Å². The van der Waals surface area contributed by atoms with E-state index in [2.05, 4.69) is 42.6 Å². The molecule has 0 unspecified atom stereocenters. The topological polar surface area (TPSA) is 50.8 Å². The molecule has 2 amide bonds. The van der Waals surface area contributed by atoms with E-state index >= 15 is 0 Å². The molecule has 0 atom stereocenters. The summed E-state index contributed by atoms with van der Waals surface area (Å²) in [6.07, 6.45) is 1.78. The first kappa shape index (κ1) is 21.2. The number of ether oxygens (including phenoxy) is 2. The molecule has 156 valence electrons. The maximum absolute atomic E-state index is 12.9. The molecule has 2 aromatic rings. The van der Waals surface area contributed by atoms with E-state index in [0.29, 0.717) is 32.8 Å². The summed E-state index contributed by atoms with van der Waals surface area (Å²) in [5.74, 6) is 0.843. The number of hydrogen-bond acceptors (Lipinski definition) is 3. The number of nitrogens with one attached hydrogen (secondary N) is 1. The van der Waals surface area contributed by atoms with Crippen LogP contribution >= 0.6 is 0 Å². The number of carbonyl (C=O) groups is 1. The normalized spacial score (nSPS) is 15.6. The minimum absolute atomic E-state index is 0.0200. The molecule has 1 aliphatic heterocycles. The minimum atomic E-state index is -0.108. The Balaban J connectivity index is 1.69. The van der Waals surface area contributed by atoms with Gasteiger partial charge in [-0.3, -0.25) is 0 Å². The Kier molecular flexibility index (Phi) is 7.15. The second kappa shape index (κ2) is 9.79. The van der Waals surface area contributed by atoms with Gasteiger partial charge in [0.15, 0.2) is 0 Å². The molecule has 0 aliphatic carbocycles.